The zero-order chi connectivity index (χ0) is 44.0. The van der Waals surface area contributed by atoms with Crippen molar-refractivity contribution in [2.24, 2.45) is 11.8 Å². The summed E-state index contributed by atoms with van der Waals surface area (Å²) in [6.07, 6.45) is 0.193. The van der Waals surface area contributed by atoms with E-state index < -0.39 is 71.8 Å². The first-order chi connectivity index (χ1) is 27.9. The molecule has 6 atom stereocenters. The molecule has 0 saturated carbocycles. The summed E-state index contributed by atoms with van der Waals surface area (Å²) in [5.74, 6) is -3.06. The van der Waals surface area contributed by atoms with Crippen LogP contribution in [0.25, 0.3) is 0 Å². The minimum atomic E-state index is -1.22. The number of carbonyl (C=O) groups excluding carboxylic acids is 5. The summed E-state index contributed by atoms with van der Waals surface area (Å²) >= 11 is 0. The first kappa shape index (κ1) is 47.7. The number of phenols is 2. The van der Waals surface area contributed by atoms with E-state index in [0.717, 1.165) is 11.1 Å². The summed E-state index contributed by atoms with van der Waals surface area (Å²) in [5.41, 5.74) is 2.33. The predicted octanol–water partition coefficient (Wildman–Crippen LogP) is 4.38. The second-order valence-electron chi connectivity index (χ2n) is 15.5. The Morgan fingerprint density at radius 3 is 1.63 bits per heavy atom. The van der Waals surface area contributed by atoms with Crippen molar-refractivity contribution in [3.05, 3.63) is 89.5 Å². The molecule has 0 heterocycles. The largest absolute Gasteiger partial charge is 0.508 e. The molecule has 3 aromatic rings. The third-order valence-electron chi connectivity index (χ3n) is 10.8. The van der Waals surface area contributed by atoms with Crippen LogP contribution in [0.1, 0.15) is 57.2 Å². The monoisotopic (exact) mass is 818 g/mol. The van der Waals surface area contributed by atoms with Crippen LogP contribution in [-0.4, -0.2) is 127 Å². The number of methoxy groups -OCH3 is 2. The highest BCUT2D eigenvalue weighted by Gasteiger charge is 2.40. The van der Waals surface area contributed by atoms with Gasteiger partial charge in [0, 0.05) is 26.4 Å². The molecule has 14 heteroatoms. The molecule has 59 heavy (non-hydrogen) atoms. The van der Waals surface area contributed by atoms with E-state index in [1.54, 1.807) is 83.3 Å². The third kappa shape index (κ3) is 13.5. The Hall–Kier alpha value is -5.63. The number of amides is 3. The lowest BCUT2D eigenvalue weighted by Gasteiger charge is -2.36. The summed E-state index contributed by atoms with van der Waals surface area (Å²) in [6, 6.07) is 16.1. The Kier molecular flexibility index (Phi) is 18.2. The maximum absolute atomic E-state index is 14.5. The molecular formula is C45H62N4O10. The Balaban J connectivity index is 1.90. The van der Waals surface area contributed by atoms with Gasteiger partial charge in [-0.2, -0.15) is 0 Å². The second kappa shape index (κ2) is 22.5. The van der Waals surface area contributed by atoms with E-state index in [4.69, 9.17) is 14.2 Å². The Morgan fingerprint density at radius 1 is 0.661 bits per heavy atom. The number of ether oxygens (including phenoxy) is 3. The fourth-order valence-electron chi connectivity index (χ4n) is 6.63. The van der Waals surface area contributed by atoms with Crippen LogP contribution in [0.4, 0.5) is 0 Å². The van der Waals surface area contributed by atoms with Gasteiger partial charge in [-0.15, -0.1) is 0 Å². The molecule has 0 aliphatic carbocycles. The van der Waals surface area contributed by atoms with Crippen LogP contribution in [0.2, 0.25) is 0 Å². The van der Waals surface area contributed by atoms with Crippen LogP contribution in [0, 0.1) is 11.8 Å². The van der Waals surface area contributed by atoms with E-state index in [2.05, 4.69) is 5.32 Å². The van der Waals surface area contributed by atoms with Gasteiger partial charge in [-0.05, 0) is 98.8 Å². The number of nitrogens with zero attached hydrogens (tertiary/aromatic N) is 3. The van der Waals surface area contributed by atoms with E-state index in [9.17, 15) is 34.2 Å². The Bertz CT molecular complexity index is 1830. The minimum Gasteiger partial charge on any atom is -0.508 e. The molecule has 0 bridgehead atoms. The van der Waals surface area contributed by atoms with Crippen LogP contribution < -0.4 is 10.1 Å². The van der Waals surface area contributed by atoms with Gasteiger partial charge in [0.05, 0.1) is 14.2 Å². The van der Waals surface area contributed by atoms with E-state index in [0.29, 0.717) is 30.6 Å². The molecule has 3 aromatic carbocycles. The van der Waals surface area contributed by atoms with E-state index in [-0.39, 0.29) is 24.3 Å². The molecule has 14 nitrogen and oxygen atoms in total. The topological polar surface area (TPSA) is 175 Å². The molecule has 0 spiro atoms. The van der Waals surface area contributed by atoms with Crippen LogP contribution >= 0.6 is 0 Å². The Labute approximate surface area is 348 Å². The number of rotatable bonds is 21. The van der Waals surface area contributed by atoms with Crippen molar-refractivity contribution in [3.8, 4) is 17.2 Å². The number of aromatic hydroxyl groups is 2. The number of carbonyl (C=O) groups is 5. The molecule has 0 aliphatic heterocycles. The SMILES string of the molecule is CC[C@H](C)[C@H](OC(=O)[C@H](Cc1ccc(OC)cc1)N(C)C)C(=O)N[C@@H](C(=O)N(C)[C@H](Cc1ccc(O)cc1)C(=O)N(C)[C@H](CCc1ccc(O)cc1)C(=O)OC)C(C)C. The number of esters is 2. The van der Waals surface area contributed by atoms with Crippen LogP contribution in [-0.2, 0) is 52.7 Å². The molecule has 3 N–H and O–H groups in total. The molecule has 3 rings (SSSR count). The summed E-state index contributed by atoms with van der Waals surface area (Å²) in [5, 5.41) is 22.5. The average Bonchev–Trinajstić information content (AvgIpc) is 3.22. The molecule has 0 saturated heterocycles. The lowest BCUT2D eigenvalue weighted by atomic mass is 9.96. The van der Waals surface area contributed by atoms with E-state index >= 15 is 0 Å². The van der Waals surface area contributed by atoms with Crippen LogP contribution in [0.3, 0.4) is 0 Å². The maximum atomic E-state index is 14.5. The van der Waals surface area contributed by atoms with Gasteiger partial charge in [-0.1, -0.05) is 64.1 Å². The molecule has 0 aliphatic rings. The number of nitrogens with one attached hydrogen (secondary N) is 1. The van der Waals surface area contributed by atoms with Crippen molar-refractivity contribution < 1.29 is 48.4 Å². The molecule has 0 unspecified atom stereocenters. The average molecular weight is 819 g/mol. The second-order valence-corrected chi connectivity index (χ2v) is 15.5. The van der Waals surface area contributed by atoms with Crippen molar-refractivity contribution >= 4 is 29.7 Å². The number of phenolic OH excluding ortho intramolecular Hbond substituents is 2. The number of benzene rings is 3. The van der Waals surface area contributed by atoms with Gasteiger partial charge in [0.2, 0.25) is 11.8 Å². The summed E-state index contributed by atoms with van der Waals surface area (Å²) in [4.78, 5) is 74.3. The van der Waals surface area contributed by atoms with E-state index in [1.165, 1.54) is 55.3 Å². The van der Waals surface area contributed by atoms with Crippen molar-refractivity contribution in [1.29, 1.82) is 0 Å². The van der Waals surface area contributed by atoms with Gasteiger partial charge >= 0.3 is 11.9 Å². The highest BCUT2D eigenvalue weighted by molar-refractivity contribution is 5.95. The van der Waals surface area contributed by atoms with Gasteiger partial charge in [0.25, 0.3) is 5.91 Å². The first-order valence-electron chi connectivity index (χ1n) is 19.9. The Morgan fingerprint density at radius 2 is 1.15 bits per heavy atom. The smallest absolute Gasteiger partial charge is 0.328 e. The molecule has 0 aromatic heterocycles. The van der Waals surface area contributed by atoms with Crippen molar-refractivity contribution in [2.45, 2.75) is 90.1 Å². The number of hydrogen-bond donors (Lipinski definition) is 3. The molecule has 0 radical (unpaired) electrons. The molecule has 3 amide bonds. The fourth-order valence-corrected chi connectivity index (χ4v) is 6.63. The van der Waals surface area contributed by atoms with Crippen molar-refractivity contribution in [1.82, 2.24) is 20.0 Å². The minimum absolute atomic E-state index is 0.0174. The van der Waals surface area contributed by atoms with Crippen molar-refractivity contribution in [2.75, 3.05) is 42.4 Å². The standard InChI is InChI=1S/C45H62N4O10/c1-11-29(4)40(59-45(56)38(47(5)6)27-32-16-23-35(57-9)24-17-32)41(52)46-39(28(2)3)43(54)49(8)37(26-31-14-21-34(51)22-15-31)42(53)48(7)36(44(55)58-10)25-18-30-12-19-33(50)20-13-30/h12-17,19-24,28-29,36-40,50-51H,11,18,25-27H2,1-10H3,(H,46,52)/t29-,36+,37+,38-,39+,40-/m0/s1. The number of hydrogen-bond acceptors (Lipinski definition) is 11. The maximum Gasteiger partial charge on any atom is 0.328 e. The van der Waals surface area contributed by atoms with Gasteiger partial charge < -0.3 is 39.5 Å². The normalized spacial score (nSPS) is 14.3. The zero-order valence-electron chi connectivity index (χ0n) is 36.0. The van der Waals surface area contributed by atoms with Gasteiger partial charge in [-0.3, -0.25) is 24.1 Å². The summed E-state index contributed by atoms with van der Waals surface area (Å²) in [6.45, 7) is 7.20. The highest BCUT2D eigenvalue weighted by atomic mass is 16.6. The zero-order valence-corrected chi connectivity index (χ0v) is 36.0. The van der Waals surface area contributed by atoms with Crippen LogP contribution in [0.5, 0.6) is 17.2 Å². The quantitative estimate of drug-likeness (QED) is 0.130. The highest BCUT2D eigenvalue weighted by Crippen LogP contribution is 2.22. The third-order valence-corrected chi connectivity index (χ3v) is 10.8. The van der Waals surface area contributed by atoms with Gasteiger partial charge in [-0.25, -0.2) is 4.79 Å². The lowest BCUT2D eigenvalue weighted by molar-refractivity contribution is -0.164. The molecule has 322 valence electrons. The first-order valence-corrected chi connectivity index (χ1v) is 19.9. The number of aryl methyl sites for hydroxylation is 1. The fraction of sp³-hybridized carbons (Fsp3) is 0.489. The van der Waals surface area contributed by atoms with Gasteiger partial charge in [0.15, 0.2) is 6.10 Å². The van der Waals surface area contributed by atoms with Gasteiger partial charge in [0.1, 0.15) is 41.4 Å². The van der Waals surface area contributed by atoms with E-state index in [1.807, 2.05) is 19.1 Å². The molecule has 0 fully saturated rings. The number of likely N-dealkylation sites (N-methyl/N-ethyl adjacent to an activating group) is 3. The predicted molar refractivity (Wildman–Crippen MR) is 224 cm³/mol. The molecular weight excluding hydrogens is 757 g/mol. The summed E-state index contributed by atoms with van der Waals surface area (Å²) < 4.78 is 16.3. The lowest BCUT2D eigenvalue weighted by Crippen LogP contribution is -2.59. The van der Waals surface area contributed by atoms with Crippen LogP contribution in [0.15, 0.2) is 72.8 Å². The summed E-state index contributed by atoms with van der Waals surface area (Å²) in [7, 11) is 9.27. The van der Waals surface area contributed by atoms with Crippen molar-refractivity contribution in [3.63, 3.8) is 0 Å².